The fraction of sp³-hybridized carbons (Fsp3) is 0.364. The topological polar surface area (TPSA) is 61.4 Å². The van der Waals surface area contributed by atoms with E-state index in [0.29, 0.717) is 28.4 Å². The van der Waals surface area contributed by atoms with Crippen molar-refractivity contribution in [1.82, 2.24) is 5.32 Å². The number of amides is 2. The number of benzene rings is 2. The van der Waals surface area contributed by atoms with Crippen molar-refractivity contribution in [3.8, 4) is 0 Å². The number of hydrogen-bond acceptors (Lipinski definition) is 3. The van der Waals surface area contributed by atoms with Crippen LogP contribution in [0.3, 0.4) is 0 Å². The fourth-order valence-corrected chi connectivity index (χ4v) is 3.56. The van der Waals surface area contributed by atoms with Gasteiger partial charge in [-0.3, -0.25) is 9.59 Å². The standard InChI is InChI=1S/C22H26ClN3O2/c1-2-11-24-22(28)19-15-18(9-10-20(19)26-12-4-3-5-13-26)25-21(27)16-7-6-8-17(23)14-16/h6-10,14-15H,2-5,11-13H2,1H3,(H,24,28)(H,25,27). The summed E-state index contributed by atoms with van der Waals surface area (Å²) >= 11 is 5.98. The molecule has 28 heavy (non-hydrogen) atoms. The van der Waals surface area contributed by atoms with Gasteiger partial charge in [0.1, 0.15) is 0 Å². The second-order valence-electron chi connectivity index (χ2n) is 7.00. The lowest BCUT2D eigenvalue weighted by Gasteiger charge is -2.30. The molecule has 2 amide bonds. The third-order valence-electron chi connectivity index (χ3n) is 4.82. The van der Waals surface area contributed by atoms with Crippen LogP contribution < -0.4 is 15.5 Å². The molecular weight excluding hydrogens is 374 g/mol. The number of carbonyl (C=O) groups is 2. The van der Waals surface area contributed by atoms with Crippen molar-refractivity contribution < 1.29 is 9.59 Å². The van der Waals surface area contributed by atoms with Crippen LogP contribution in [0.5, 0.6) is 0 Å². The van der Waals surface area contributed by atoms with Crippen LogP contribution in [0.4, 0.5) is 11.4 Å². The number of carbonyl (C=O) groups excluding carboxylic acids is 2. The molecule has 0 spiro atoms. The normalized spacial score (nSPS) is 13.9. The lowest BCUT2D eigenvalue weighted by molar-refractivity contribution is 0.0952. The summed E-state index contributed by atoms with van der Waals surface area (Å²) in [4.78, 5) is 27.5. The van der Waals surface area contributed by atoms with Crippen molar-refractivity contribution in [2.75, 3.05) is 29.9 Å². The molecule has 0 bridgehead atoms. The van der Waals surface area contributed by atoms with Crippen molar-refractivity contribution in [2.24, 2.45) is 0 Å². The van der Waals surface area contributed by atoms with Crippen LogP contribution >= 0.6 is 11.6 Å². The molecule has 1 fully saturated rings. The third kappa shape index (κ3) is 5.04. The molecule has 0 unspecified atom stereocenters. The molecule has 2 N–H and O–H groups in total. The summed E-state index contributed by atoms with van der Waals surface area (Å²) in [5.74, 6) is -0.366. The van der Waals surface area contributed by atoms with Gasteiger partial charge in [-0.15, -0.1) is 0 Å². The molecule has 1 heterocycles. The summed E-state index contributed by atoms with van der Waals surface area (Å²) in [5.41, 5.74) is 2.59. The fourth-order valence-electron chi connectivity index (χ4n) is 3.37. The highest BCUT2D eigenvalue weighted by Crippen LogP contribution is 2.27. The molecule has 2 aromatic carbocycles. The third-order valence-corrected chi connectivity index (χ3v) is 5.05. The summed E-state index contributed by atoms with van der Waals surface area (Å²) < 4.78 is 0. The lowest BCUT2D eigenvalue weighted by Crippen LogP contribution is -2.33. The maximum absolute atomic E-state index is 12.8. The van der Waals surface area contributed by atoms with Crippen molar-refractivity contribution in [2.45, 2.75) is 32.6 Å². The summed E-state index contributed by atoms with van der Waals surface area (Å²) in [6.07, 6.45) is 4.35. The highest BCUT2D eigenvalue weighted by molar-refractivity contribution is 6.31. The predicted octanol–water partition coefficient (Wildman–Crippen LogP) is 4.72. The van der Waals surface area contributed by atoms with Gasteiger partial charge < -0.3 is 15.5 Å². The number of nitrogens with one attached hydrogen (secondary N) is 2. The van der Waals surface area contributed by atoms with E-state index in [0.717, 1.165) is 38.0 Å². The minimum Gasteiger partial charge on any atom is -0.371 e. The number of hydrogen-bond donors (Lipinski definition) is 2. The van der Waals surface area contributed by atoms with E-state index < -0.39 is 0 Å². The van der Waals surface area contributed by atoms with Gasteiger partial charge in [-0.2, -0.15) is 0 Å². The molecule has 148 valence electrons. The van der Waals surface area contributed by atoms with Gasteiger partial charge in [-0.25, -0.2) is 0 Å². The van der Waals surface area contributed by atoms with Crippen molar-refractivity contribution in [3.63, 3.8) is 0 Å². The molecule has 0 saturated carbocycles. The smallest absolute Gasteiger partial charge is 0.255 e. The highest BCUT2D eigenvalue weighted by Gasteiger charge is 2.19. The first-order valence-electron chi connectivity index (χ1n) is 9.82. The first-order valence-corrected chi connectivity index (χ1v) is 10.2. The van der Waals surface area contributed by atoms with Gasteiger partial charge >= 0.3 is 0 Å². The number of piperidine rings is 1. The number of halogens is 1. The van der Waals surface area contributed by atoms with Crippen molar-refractivity contribution >= 4 is 34.8 Å². The Labute approximate surface area is 171 Å². The van der Waals surface area contributed by atoms with Crippen LogP contribution in [0, 0.1) is 0 Å². The van der Waals surface area contributed by atoms with Gasteiger partial charge in [0.2, 0.25) is 0 Å². The van der Waals surface area contributed by atoms with Crippen LogP contribution in [-0.4, -0.2) is 31.4 Å². The molecular formula is C22H26ClN3O2. The van der Waals surface area contributed by atoms with Crippen LogP contribution in [0.2, 0.25) is 5.02 Å². The molecule has 1 aliphatic rings. The zero-order chi connectivity index (χ0) is 19.9. The monoisotopic (exact) mass is 399 g/mol. The molecule has 1 saturated heterocycles. The Bertz CT molecular complexity index is 847. The maximum atomic E-state index is 12.8. The average molecular weight is 400 g/mol. The van der Waals surface area contributed by atoms with E-state index in [4.69, 9.17) is 11.6 Å². The predicted molar refractivity (Wildman–Crippen MR) is 115 cm³/mol. The van der Waals surface area contributed by atoms with Gasteiger partial charge in [-0.05, 0) is 62.1 Å². The molecule has 6 heteroatoms. The Balaban J connectivity index is 1.85. The van der Waals surface area contributed by atoms with Crippen LogP contribution in [0.1, 0.15) is 53.3 Å². The molecule has 0 aromatic heterocycles. The Kier molecular flexibility index (Phi) is 6.93. The van der Waals surface area contributed by atoms with Crippen LogP contribution in [-0.2, 0) is 0 Å². The molecule has 1 aliphatic heterocycles. The van der Waals surface area contributed by atoms with Gasteiger partial charge in [0.25, 0.3) is 11.8 Å². The Hall–Kier alpha value is -2.53. The quantitative estimate of drug-likeness (QED) is 0.738. The van der Waals surface area contributed by atoms with E-state index >= 15 is 0 Å². The molecule has 3 rings (SSSR count). The Morgan fingerprint density at radius 1 is 1.04 bits per heavy atom. The summed E-state index contributed by atoms with van der Waals surface area (Å²) in [5, 5.41) is 6.33. The average Bonchev–Trinajstić information content (AvgIpc) is 2.72. The maximum Gasteiger partial charge on any atom is 0.255 e. The number of nitrogens with zero attached hydrogens (tertiary/aromatic N) is 1. The van der Waals surface area contributed by atoms with Gasteiger partial charge in [0.05, 0.1) is 5.56 Å². The molecule has 0 aliphatic carbocycles. The Morgan fingerprint density at radius 3 is 2.54 bits per heavy atom. The molecule has 0 atom stereocenters. The first kappa shape index (κ1) is 20.2. The van der Waals surface area contributed by atoms with E-state index in [1.165, 1.54) is 6.42 Å². The number of rotatable bonds is 6. The number of anilines is 2. The zero-order valence-electron chi connectivity index (χ0n) is 16.1. The second kappa shape index (κ2) is 9.60. The van der Waals surface area contributed by atoms with E-state index in [2.05, 4.69) is 15.5 Å². The van der Waals surface area contributed by atoms with Crippen LogP contribution in [0.15, 0.2) is 42.5 Å². The van der Waals surface area contributed by atoms with Crippen LogP contribution in [0.25, 0.3) is 0 Å². The van der Waals surface area contributed by atoms with E-state index in [9.17, 15) is 9.59 Å². The minimum atomic E-state index is -0.256. The first-order chi connectivity index (χ1) is 13.6. The molecule has 5 nitrogen and oxygen atoms in total. The van der Waals surface area contributed by atoms with Gasteiger partial charge in [0.15, 0.2) is 0 Å². The van der Waals surface area contributed by atoms with Gasteiger partial charge in [0, 0.05) is 41.6 Å². The summed E-state index contributed by atoms with van der Waals surface area (Å²) in [7, 11) is 0. The molecule has 0 radical (unpaired) electrons. The summed E-state index contributed by atoms with van der Waals surface area (Å²) in [6.45, 7) is 4.54. The minimum absolute atomic E-state index is 0.110. The largest absolute Gasteiger partial charge is 0.371 e. The molecule has 2 aromatic rings. The second-order valence-corrected chi connectivity index (χ2v) is 7.44. The zero-order valence-corrected chi connectivity index (χ0v) is 16.9. The van der Waals surface area contributed by atoms with E-state index in [1.807, 2.05) is 19.1 Å². The van der Waals surface area contributed by atoms with E-state index in [-0.39, 0.29) is 11.8 Å². The van der Waals surface area contributed by atoms with E-state index in [1.54, 1.807) is 30.3 Å². The van der Waals surface area contributed by atoms with Crippen molar-refractivity contribution in [3.05, 3.63) is 58.6 Å². The summed E-state index contributed by atoms with van der Waals surface area (Å²) in [6, 6.07) is 12.3. The van der Waals surface area contributed by atoms with Crippen molar-refractivity contribution in [1.29, 1.82) is 0 Å². The Morgan fingerprint density at radius 2 is 1.82 bits per heavy atom. The SMILES string of the molecule is CCCNC(=O)c1cc(NC(=O)c2cccc(Cl)c2)ccc1N1CCCCC1. The lowest BCUT2D eigenvalue weighted by atomic mass is 10.1. The van der Waals surface area contributed by atoms with Gasteiger partial charge in [-0.1, -0.05) is 24.6 Å². The highest BCUT2D eigenvalue weighted by atomic mass is 35.5.